The number of aryl methyl sites for hydroxylation is 1. The molecule has 0 spiro atoms. The number of carbonyl (C=O) groups is 1. The fraction of sp³-hybridized carbons (Fsp3) is 0.667. The van der Waals surface area contributed by atoms with Crippen molar-refractivity contribution in [3.8, 4) is 0 Å². The van der Waals surface area contributed by atoms with Crippen molar-refractivity contribution in [2.45, 2.75) is 19.9 Å². The average molecular weight is 237 g/mol. The molecule has 2 atom stereocenters. The van der Waals surface area contributed by atoms with Crippen LogP contribution in [0.3, 0.4) is 0 Å². The fourth-order valence-electron chi connectivity index (χ4n) is 2.25. The van der Waals surface area contributed by atoms with Gasteiger partial charge in [0, 0.05) is 37.9 Å². The Morgan fingerprint density at radius 1 is 1.53 bits per heavy atom. The van der Waals surface area contributed by atoms with Gasteiger partial charge in [0.15, 0.2) is 0 Å². The summed E-state index contributed by atoms with van der Waals surface area (Å²) in [6.45, 7) is 5.66. The molecule has 1 fully saturated rings. The molecule has 5 heteroatoms. The summed E-state index contributed by atoms with van der Waals surface area (Å²) >= 11 is 0. The van der Waals surface area contributed by atoms with E-state index >= 15 is 0 Å². The summed E-state index contributed by atoms with van der Waals surface area (Å²) in [5, 5.41) is 13.1. The van der Waals surface area contributed by atoms with E-state index in [1.165, 1.54) is 5.56 Å². The van der Waals surface area contributed by atoms with Gasteiger partial charge in [-0.25, -0.2) is 0 Å². The Kier molecular flexibility index (Phi) is 3.19. The van der Waals surface area contributed by atoms with E-state index in [9.17, 15) is 4.79 Å². The van der Waals surface area contributed by atoms with Crippen LogP contribution in [0, 0.1) is 11.8 Å². The van der Waals surface area contributed by atoms with Gasteiger partial charge < -0.3 is 5.11 Å². The predicted molar refractivity (Wildman–Crippen MR) is 63.5 cm³/mol. The second-order valence-electron chi connectivity index (χ2n) is 4.96. The van der Waals surface area contributed by atoms with Crippen molar-refractivity contribution in [2.75, 3.05) is 13.1 Å². The van der Waals surface area contributed by atoms with Gasteiger partial charge in [-0.05, 0) is 12.8 Å². The third-order valence-electron chi connectivity index (χ3n) is 3.79. The minimum atomic E-state index is -0.691. The van der Waals surface area contributed by atoms with E-state index in [1.54, 1.807) is 11.6 Å². The van der Waals surface area contributed by atoms with Gasteiger partial charge in [0.05, 0.1) is 12.1 Å². The predicted octanol–water partition coefficient (Wildman–Crippen LogP) is 1.13. The van der Waals surface area contributed by atoms with Crippen molar-refractivity contribution in [3.05, 3.63) is 18.0 Å². The number of hydrogen-bond acceptors (Lipinski definition) is 3. The van der Waals surface area contributed by atoms with Gasteiger partial charge in [-0.2, -0.15) is 5.10 Å². The number of aliphatic carboxylic acids is 1. The summed E-state index contributed by atoms with van der Waals surface area (Å²) in [7, 11) is 1.90. The highest BCUT2D eigenvalue weighted by Crippen LogP contribution is 2.31. The molecule has 0 saturated carbocycles. The molecule has 1 aliphatic heterocycles. The number of carboxylic acid groups (broad SMARTS) is 1. The Hall–Kier alpha value is -1.36. The first-order chi connectivity index (χ1) is 7.99. The molecule has 1 aliphatic rings. The second-order valence-corrected chi connectivity index (χ2v) is 4.96. The van der Waals surface area contributed by atoms with Crippen LogP contribution in [0.2, 0.25) is 0 Å². The molecule has 0 aromatic carbocycles. The van der Waals surface area contributed by atoms with Crippen LogP contribution in [-0.4, -0.2) is 38.8 Å². The fourth-order valence-corrected chi connectivity index (χ4v) is 2.25. The van der Waals surface area contributed by atoms with Crippen LogP contribution in [-0.2, 0) is 11.8 Å². The number of likely N-dealkylation sites (tertiary alicyclic amines) is 1. The molecule has 1 saturated heterocycles. The first kappa shape index (κ1) is 12.1. The Bertz CT molecular complexity index is 410. The van der Waals surface area contributed by atoms with E-state index in [4.69, 9.17) is 5.11 Å². The third-order valence-corrected chi connectivity index (χ3v) is 3.79. The van der Waals surface area contributed by atoms with Gasteiger partial charge in [-0.3, -0.25) is 14.4 Å². The smallest absolute Gasteiger partial charge is 0.306 e. The highest BCUT2D eigenvalue weighted by molar-refractivity contribution is 5.70. The number of hydrogen-bond donors (Lipinski definition) is 1. The molecule has 2 unspecified atom stereocenters. The van der Waals surface area contributed by atoms with Gasteiger partial charge in [0.2, 0.25) is 0 Å². The number of nitrogens with zero attached hydrogens (tertiary/aromatic N) is 3. The van der Waals surface area contributed by atoms with E-state index in [0.29, 0.717) is 6.04 Å². The summed E-state index contributed by atoms with van der Waals surface area (Å²) in [5.74, 6) is -0.650. The normalized spacial score (nSPS) is 20.9. The minimum absolute atomic E-state index is 0.243. The molecule has 1 aromatic rings. The Morgan fingerprint density at radius 2 is 2.18 bits per heavy atom. The monoisotopic (exact) mass is 237 g/mol. The van der Waals surface area contributed by atoms with Crippen LogP contribution in [0.15, 0.2) is 12.4 Å². The molecule has 1 aromatic heterocycles. The van der Waals surface area contributed by atoms with E-state index < -0.39 is 5.97 Å². The molecule has 94 valence electrons. The summed E-state index contributed by atoms with van der Waals surface area (Å²) in [6.07, 6.45) is 3.89. The van der Waals surface area contributed by atoms with E-state index in [0.717, 1.165) is 13.1 Å². The zero-order valence-electron chi connectivity index (χ0n) is 10.5. The molecule has 0 amide bonds. The van der Waals surface area contributed by atoms with Crippen LogP contribution in [0.25, 0.3) is 0 Å². The molecule has 2 rings (SSSR count). The standard InChI is InChI=1S/C12H19N3O2/c1-8(12(16)17)11-6-15(7-11)9(2)10-4-13-14(3)5-10/h4-5,8-9,11H,6-7H2,1-3H3,(H,16,17). The summed E-state index contributed by atoms with van der Waals surface area (Å²) in [4.78, 5) is 13.1. The lowest BCUT2D eigenvalue weighted by Gasteiger charge is -2.44. The van der Waals surface area contributed by atoms with Crippen molar-refractivity contribution in [1.82, 2.24) is 14.7 Å². The number of aromatic nitrogens is 2. The number of carboxylic acids is 1. The Labute approximate surface area is 101 Å². The van der Waals surface area contributed by atoms with Crippen molar-refractivity contribution in [2.24, 2.45) is 18.9 Å². The molecule has 2 heterocycles. The van der Waals surface area contributed by atoms with Crippen molar-refractivity contribution < 1.29 is 9.90 Å². The highest BCUT2D eigenvalue weighted by Gasteiger charge is 2.37. The first-order valence-corrected chi connectivity index (χ1v) is 5.94. The van der Waals surface area contributed by atoms with Crippen LogP contribution in [0.5, 0.6) is 0 Å². The van der Waals surface area contributed by atoms with Gasteiger partial charge in [-0.15, -0.1) is 0 Å². The molecule has 17 heavy (non-hydrogen) atoms. The van der Waals surface area contributed by atoms with E-state index in [2.05, 4.69) is 16.9 Å². The Morgan fingerprint density at radius 3 is 2.65 bits per heavy atom. The largest absolute Gasteiger partial charge is 0.481 e. The molecular formula is C12H19N3O2. The van der Waals surface area contributed by atoms with Crippen molar-refractivity contribution in [3.63, 3.8) is 0 Å². The van der Waals surface area contributed by atoms with Gasteiger partial charge in [-0.1, -0.05) is 6.92 Å². The summed E-state index contributed by atoms with van der Waals surface area (Å²) in [5.41, 5.74) is 1.19. The molecule has 0 bridgehead atoms. The zero-order valence-corrected chi connectivity index (χ0v) is 10.5. The summed E-state index contributed by atoms with van der Waals surface area (Å²) in [6, 6.07) is 0.320. The van der Waals surface area contributed by atoms with Gasteiger partial charge >= 0.3 is 5.97 Å². The average Bonchev–Trinajstić information content (AvgIpc) is 2.62. The third kappa shape index (κ3) is 2.34. The van der Waals surface area contributed by atoms with E-state index in [1.807, 2.05) is 19.4 Å². The topological polar surface area (TPSA) is 58.4 Å². The van der Waals surface area contributed by atoms with E-state index in [-0.39, 0.29) is 11.8 Å². The maximum Gasteiger partial charge on any atom is 0.306 e. The van der Waals surface area contributed by atoms with Crippen LogP contribution in [0.1, 0.15) is 25.5 Å². The van der Waals surface area contributed by atoms with Crippen molar-refractivity contribution >= 4 is 5.97 Å². The maximum atomic E-state index is 10.9. The SMILES string of the molecule is CC(C(=O)O)C1CN(C(C)c2cnn(C)c2)C1. The molecule has 5 nitrogen and oxygen atoms in total. The Balaban J connectivity index is 1.89. The van der Waals surface area contributed by atoms with Crippen LogP contribution in [0.4, 0.5) is 0 Å². The van der Waals surface area contributed by atoms with Crippen LogP contribution < -0.4 is 0 Å². The second kappa shape index (κ2) is 4.49. The molecule has 0 radical (unpaired) electrons. The lowest BCUT2D eigenvalue weighted by Crippen LogP contribution is -2.51. The quantitative estimate of drug-likeness (QED) is 0.853. The minimum Gasteiger partial charge on any atom is -0.481 e. The molecular weight excluding hydrogens is 218 g/mol. The lowest BCUT2D eigenvalue weighted by molar-refractivity contribution is -0.146. The first-order valence-electron chi connectivity index (χ1n) is 5.94. The summed E-state index contributed by atoms with van der Waals surface area (Å²) < 4.78 is 1.79. The molecule has 1 N–H and O–H groups in total. The van der Waals surface area contributed by atoms with Gasteiger partial charge in [0.1, 0.15) is 0 Å². The van der Waals surface area contributed by atoms with Crippen LogP contribution >= 0.6 is 0 Å². The highest BCUT2D eigenvalue weighted by atomic mass is 16.4. The number of rotatable bonds is 4. The van der Waals surface area contributed by atoms with Crippen molar-refractivity contribution in [1.29, 1.82) is 0 Å². The van der Waals surface area contributed by atoms with Gasteiger partial charge in [0.25, 0.3) is 0 Å². The zero-order chi connectivity index (χ0) is 12.6. The lowest BCUT2D eigenvalue weighted by atomic mass is 9.85. The maximum absolute atomic E-state index is 10.9. The molecule has 0 aliphatic carbocycles.